The van der Waals surface area contributed by atoms with Crippen LogP contribution < -0.4 is 10.2 Å². The first kappa shape index (κ1) is 17.7. The maximum Gasteiger partial charge on any atom is 0.337 e. The minimum Gasteiger partial charge on any atom is -0.325 e. The number of anilines is 1. The van der Waals surface area contributed by atoms with Gasteiger partial charge in [0.2, 0.25) is 5.91 Å². The third kappa shape index (κ3) is 4.08. The Bertz CT molecular complexity index is 919. The number of benzene rings is 2. The number of amides is 1. The van der Waals surface area contributed by atoms with E-state index < -0.39 is 11.9 Å². The first-order valence-corrected chi connectivity index (χ1v) is 8.54. The summed E-state index contributed by atoms with van der Waals surface area (Å²) in [6.45, 7) is 3.70. The number of aromatic nitrogens is 2. The Morgan fingerprint density at radius 3 is 2.77 bits per heavy atom. The minimum atomic E-state index is -0.414. The Morgan fingerprint density at radius 1 is 1.19 bits per heavy atom. The Morgan fingerprint density at radius 2 is 2.00 bits per heavy atom. The molecule has 1 heterocycles. The normalized spacial score (nSPS) is 11.9. The lowest BCUT2D eigenvalue weighted by atomic mass is 10.0. The summed E-state index contributed by atoms with van der Waals surface area (Å²) >= 11 is 0. The van der Waals surface area contributed by atoms with Crippen LogP contribution in [0.4, 0.5) is 5.69 Å². The molecule has 0 saturated heterocycles. The summed E-state index contributed by atoms with van der Waals surface area (Å²) in [6.07, 6.45) is 3.70. The van der Waals surface area contributed by atoms with Crippen molar-refractivity contribution in [1.82, 2.24) is 9.94 Å². The van der Waals surface area contributed by atoms with Crippen LogP contribution in [-0.4, -0.2) is 21.8 Å². The van der Waals surface area contributed by atoms with Crippen LogP contribution in [0.5, 0.6) is 0 Å². The predicted molar refractivity (Wildman–Crippen MR) is 99.5 cm³/mol. The van der Waals surface area contributed by atoms with E-state index >= 15 is 0 Å². The van der Waals surface area contributed by atoms with E-state index in [4.69, 9.17) is 4.84 Å². The van der Waals surface area contributed by atoms with E-state index in [1.54, 1.807) is 19.2 Å². The van der Waals surface area contributed by atoms with Gasteiger partial charge in [0.1, 0.15) is 0 Å². The molecule has 6 heteroatoms. The minimum absolute atomic E-state index is 0.122. The van der Waals surface area contributed by atoms with Gasteiger partial charge in [-0.1, -0.05) is 48.2 Å². The van der Waals surface area contributed by atoms with Crippen molar-refractivity contribution in [1.29, 1.82) is 0 Å². The zero-order chi connectivity index (χ0) is 18.5. The van der Waals surface area contributed by atoms with Gasteiger partial charge in [0, 0.05) is 11.8 Å². The molecule has 1 aromatic heterocycles. The largest absolute Gasteiger partial charge is 0.337 e. The molecule has 0 saturated carbocycles. The van der Waals surface area contributed by atoms with Crippen molar-refractivity contribution in [3.8, 4) is 0 Å². The number of rotatable bonds is 6. The van der Waals surface area contributed by atoms with Crippen molar-refractivity contribution in [2.75, 3.05) is 5.32 Å². The average Bonchev–Trinajstić information content (AvgIpc) is 3.15. The summed E-state index contributed by atoms with van der Waals surface area (Å²) in [7, 11) is 0. The van der Waals surface area contributed by atoms with Crippen molar-refractivity contribution in [3.05, 3.63) is 60.4 Å². The van der Waals surface area contributed by atoms with Crippen molar-refractivity contribution >= 4 is 28.3 Å². The molecular weight excluding hydrogens is 330 g/mol. The second-order valence-electron chi connectivity index (χ2n) is 6.29. The lowest BCUT2D eigenvalue weighted by Gasteiger charge is -2.13. The van der Waals surface area contributed by atoms with Crippen LogP contribution in [0.2, 0.25) is 0 Å². The number of hydrogen-bond acceptors (Lipinski definition) is 4. The number of hydrogen-bond donors (Lipinski definition) is 1. The number of nitrogens with zero attached hydrogens (tertiary/aromatic N) is 2. The van der Waals surface area contributed by atoms with E-state index in [0.717, 1.165) is 26.9 Å². The van der Waals surface area contributed by atoms with Crippen LogP contribution in [0.25, 0.3) is 10.8 Å². The molecule has 1 unspecified atom stereocenters. The van der Waals surface area contributed by atoms with E-state index in [0.29, 0.717) is 6.42 Å². The molecule has 0 radical (unpaired) electrons. The maximum absolute atomic E-state index is 12.4. The van der Waals surface area contributed by atoms with Crippen LogP contribution in [0, 0.1) is 12.8 Å². The molecule has 3 rings (SSSR count). The zero-order valence-electron chi connectivity index (χ0n) is 14.8. The number of nitrogens with one attached hydrogen (secondary N) is 1. The topological polar surface area (TPSA) is 73.2 Å². The first-order chi connectivity index (χ1) is 12.5. The Hall–Kier alpha value is -3.15. The molecule has 0 spiro atoms. The molecule has 0 aliphatic heterocycles. The Balaban J connectivity index is 1.59. The molecule has 0 bridgehead atoms. The molecule has 3 aromatic rings. The number of carbonyl (C=O) groups is 2. The molecule has 2 aromatic carbocycles. The smallest absolute Gasteiger partial charge is 0.325 e. The highest BCUT2D eigenvalue weighted by atomic mass is 16.7. The van der Waals surface area contributed by atoms with Crippen molar-refractivity contribution in [2.24, 2.45) is 5.92 Å². The fourth-order valence-electron chi connectivity index (χ4n) is 2.70. The predicted octanol–water partition coefficient (Wildman–Crippen LogP) is 3.35. The molecule has 0 fully saturated rings. The second-order valence-corrected chi connectivity index (χ2v) is 6.29. The highest BCUT2D eigenvalue weighted by molar-refractivity contribution is 6.03. The van der Waals surface area contributed by atoms with Gasteiger partial charge in [-0.15, -0.1) is 5.10 Å². The molecule has 1 atom stereocenters. The van der Waals surface area contributed by atoms with Gasteiger partial charge in [0.25, 0.3) is 0 Å². The summed E-state index contributed by atoms with van der Waals surface area (Å²) in [5.41, 5.74) is 1.82. The summed E-state index contributed by atoms with van der Waals surface area (Å²) in [4.78, 5) is 30.6. The molecule has 6 nitrogen and oxygen atoms in total. The fraction of sp³-hybridized carbons (Fsp3) is 0.250. The standard InChI is InChI=1S/C20H21N3O3/c1-14-8-10-16-6-3-4-7-17(16)19(14)22-18(24)11-9-15(2)20(25)26-23-13-5-12-21-23/h3-8,10,12-13,15H,9,11H2,1-2H3,(H,22,24). The summed E-state index contributed by atoms with van der Waals surface area (Å²) < 4.78 is 0. The zero-order valence-corrected chi connectivity index (χ0v) is 14.8. The van der Waals surface area contributed by atoms with Gasteiger partial charge in [-0.25, -0.2) is 4.79 Å². The monoisotopic (exact) mass is 351 g/mol. The van der Waals surface area contributed by atoms with Gasteiger partial charge in [0.15, 0.2) is 0 Å². The molecule has 1 N–H and O–H groups in total. The average molecular weight is 351 g/mol. The van der Waals surface area contributed by atoms with Gasteiger partial charge >= 0.3 is 5.97 Å². The van der Waals surface area contributed by atoms with Crippen LogP contribution >= 0.6 is 0 Å². The summed E-state index contributed by atoms with van der Waals surface area (Å²) in [6, 6.07) is 13.6. The third-order valence-electron chi connectivity index (χ3n) is 4.27. The SMILES string of the molecule is Cc1ccc2ccccc2c1NC(=O)CCC(C)C(=O)On1cccn1. The molecule has 0 aliphatic carbocycles. The number of carbonyl (C=O) groups excluding carboxylic acids is 2. The fourth-order valence-corrected chi connectivity index (χ4v) is 2.70. The van der Waals surface area contributed by atoms with E-state index in [-0.39, 0.29) is 12.3 Å². The Labute approximate surface area is 151 Å². The lowest BCUT2D eigenvalue weighted by Crippen LogP contribution is -2.26. The van der Waals surface area contributed by atoms with E-state index in [1.165, 1.54) is 6.20 Å². The van der Waals surface area contributed by atoms with Gasteiger partial charge in [0.05, 0.1) is 24.0 Å². The van der Waals surface area contributed by atoms with Crippen LogP contribution in [0.15, 0.2) is 54.9 Å². The van der Waals surface area contributed by atoms with E-state index in [1.807, 2.05) is 43.3 Å². The highest BCUT2D eigenvalue weighted by Crippen LogP contribution is 2.27. The van der Waals surface area contributed by atoms with Gasteiger partial charge in [-0.05, 0) is 30.4 Å². The van der Waals surface area contributed by atoms with Crippen LogP contribution in [0.3, 0.4) is 0 Å². The van der Waals surface area contributed by atoms with Crippen LogP contribution in [-0.2, 0) is 9.59 Å². The Kier molecular flexibility index (Phi) is 5.31. The molecule has 0 aliphatic rings. The molecule has 1 amide bonds. The lowest BCUT2D eigenvalue weighted by molar-refractivity contribution is -0.150. The second kappa shape index (κ2) is 7.82. The molecule has 26 heavy (non-hydrogen) atoms. The maximum atomic E-state index is 12.4. The van der Waals surface area contributed by atoms with Crippen molar-refractivity contribution in [2.45, 2.75) is 26.7 Å². The van der Waals surface area contributed by atoms with Gasteiger partial charge < -0.3 is 10.2 Å². The van der Waals surface area contributed by atoms with Crippen molar-refractivity contribution in [3.63, 3.8) is 0 Å². The van der Waals surface area contributed by atoms with Crippen LogP contribution in [0.1, 0.15) is 25.3 Å². The van der Waals surface area contributed by atoms with E-state index in [9.17, 15) is 9.59 Å². The van der Waals surface area contributed by atoms with Gasteiger partial charge in [-0.3, -0.25) is 4.79 Å². The number of fused-ring (bicyclic) bond motifs is 1. The van der Waals surface area contributed by atoms with Gasteiger partial charge in [-0.2, -0.15) is 0 Å². The molecule has 134 valence electrons. The van der Waals surface area contributed by atoms with Crippen molar-refractivity contribution < 1.29 is 14.4 Å². The van der Waals surface area contributed by atoms with E-state index in [2.05, 4.69) is 10.4 Å². The first-order valence-electron chi connectivity index (χ1n) is 8.54. The summed E-state index contributed by atoms with van der Waals surface area (Å²) in [5.74, 6) is -0.940. The highest BCUT2D eigenvalue weighted by Gasteiger charge is 2.18. The quantitative estimate of drug-likeness (QED) is 0.739. The third-order valence-corrected chi connectivity index (χ3v) is 4.27. The summed E-state index contributed by atoms with van der Waals surface area (Å²) in [5, 5.41) is 8.89. The molecular formula is C20H21N3O3. The number of aryl methyl sites for hydroxylation is 1.